The number of aryl methyl sites for hydroxylation is 1. The van der Waals surface area contributed by atoms with Crippen LogP contribution in [0.15, 0.2) is 36.8 Å². The summed E-state index contributed by atoms with van der Waals surface area (Å²) in [5.41, 5.74) is 6.32. The summed E-state index contributed by atoms with van der Waals surface area (Å²) in [5, 5.41) is 24.1. The number of ether oxygens (including phenoxy) is 1. The maximum atomic E-state index is 11.9. The third-order valence-corrected chi connectivity index (χ3v) is 6.65. The second-order valence-corrected chi connectivity index (χ2v) is 8.92. The molecule has 2 aromatic heterocycles. The first-order chi connectivity index (χ1) is 15.9. The molecule has 1 aromatic carbocycles. The number of esters is 1. The van der Waals surface area contributed by atoms with Gasteiger partial charge >= 0.3 is 5.97 Å². The summed E-state index contributed by atoms with van der Waals surface area (Å²) in [6.07, 6.45) is 5.59. The average Bonchev–Trinajstić information content (AvgIpc) is 3.41. The Labute approximate surface area is 192 Å². The molecule has 8 heteroatoms. The van der Waals surface area contributed by atoms with Crippen LogP contribution in [0.5, 0.6) is 0 Å². The molecule has 0 saturated carbocycles. The molecule has 1 saturated heterocycles. The van der Waals surface area contributed by atoms with Crippen molar-refractivity contribution in [3.63, 3.8) is 0 Å². The van der Waals surface area contributed by atoms with Gasteiger partial charge in [-0.15, -0.1) is 0 Å². The van der Waals surface area contributed by atoms with Gasteiger partial charge in [-0.3, -0.25) is 4.90 Å². The van der Waals surface area contributed by atoms with Crippen molar-refractivity contribution < 1.29 is 14.6 Å². The average molecular weight is 444 g/mol. The fraction of sp³-hybridized carbons (Fsp3) is 0.360. The molecule has 168 valence electrons. The number of nitrogens with zero attached hydrogens (tertiary/aromatic N) is 5. The van der Waals surface area contributed by atoms with Gasteiger partial charge in [0.05, 0.1) is 23.4 Å². The summed E-state index contributed by atoms with van der Waals surface area (Å²) in [7, 11) is 0. The maximum absolute atomic E-state index is 11.9. The number of carbonyl (C=O) groups is 1. The molecule has 1 fully saturated rings. The van der Waals surface area contributed by atoms with E-state index in [0.717, 1.165) is 28.8 Å². The second kappa shape index (κ2) is 8.43. The van der Waals surface area contributed by atoms with E-state index in [1.54, 1.807) is 10.9 Å². The lowest BCUT2D eigenvalue weighted by molar-refractivity contribution is 0.0535. The zero-order valence-electron chi connectivity index (χ0n) is 18.7. The van der Waals surface area contributed by atoms with Crippen molar-refractivity contribution >= 4 is 5.97 Å². The molecule has 5 rings (SSSR count). The summed E-state index contributed by atoms with van der Waals surface area (Å²) in [4.78, 5) is 18.5. The lowest BCUT2D eigenvalue weighted by Crippen LogP contribution is -2.41. The van der Waals surface area contributed by atoms with Gasteiger partial charge in [-0.1, -0.05) is 6.07 Å². The molecule has 0 radical (unpaired) electrons. The highest BCUT2D eigenvalue weighted by Crippen LogP contribution is 2.34. The largest absolute Gasteiger partial charge is 0.457 e. The van der Waals surface area contributed by atoms with Crippen LogP contribution in [-0.2, 0) is 17.9 Å². The molecule has 4 heterocycles. The number of aromatic nitrogens is 3. The van der Waals surface area contributed by atoms with Crippen LogP contribution in [0.4, 0.5) is 0 Å². The molecule has 2 aliphatic heterocycles. The molecule has 3 aromatic rings. The molecular weight excluding hydrogens is 418 g/mol. The highest BCUT2D eigenvalue weighted by molar-refractivity contribution is 5.94. The number of carbonyl (C=O) groups excluding carboxylic acids is 1. The van der Waals surface area contributed by atoms with Crippen molar-refractivity contribution in [1.82, 2.24) is 19.7 Å². The highest BCUT2D eigenvalue weighted by Gasteiger charge is 2.31. The monoisotopic (exact) mass is 443 g/mol. The summed E-state index contributed by atoms with van der Waals surface area (Å²) in [6, 6.07) is 7.85. The summed E-state index contributed by atoms with van der Waals surface area (Å²) in [6.45, 7) is 6.32. The SMILES string of the molecule is Cc1cc(-n2cc(CN3CC(O)CC(c4ccc5c(c4C)COC5=O)C3)cn2)ncc1C#N. The van der Waals surface area contributed by atoms with Crippen molar-refractivity contribution in [2.75, 3.05) is 13.1 Å². The number of rotatable bonds is 4. The van der Waals surface area contributed by atoms with Crippen LogP contribution < -0.4 is 0 Å². The van der Waals surface area contributed by atoms with E-state index >= 15 is 0 Å². The van der Waals surface area contributed by atoms with Crippen LogP contribution in [0.25, 0.3) is 5.82 Å². The van der Waals surface area contributed by atoms with Gasteiger partial charge in [-0.2, -0.15) is 10.4 Å². The number of hydrogen-bond acceptors (Lipinski definition) is 7. The van der Waals surface area contributed by atoms with Crippen molar-refractivity contribution in [3.05, 3.63) is 75.7 Å². The lowest BCUT2D eigenvalue weighted by Gasteiger charge is -2.36. The zero-order valence-corrected chi connectivity index (χ0v) is 18.7. The Bertz CT molecular complexity index is 1280. The molecular formula is C25H25N5O3. The summed E-state index contributed by atoms with van der Waals surface area (Å²) in [5.74, 6) is 0.585. The molecule has 0 bridgehead atoms. The van der Waals surface area contributed by atoms with Gasteiger partial charge in [0, 0.05) is 43.2 Å². The first kappa shape index (κ1) is 21.3. The van der Waals surface area contributed by atoms with E-state index in [1.807, 2.05) is 44.4 Å². The first-order valence-corrected chi connectivity index (χ1v) is 11.0. The zero-order chi connectivity index (χ0) is 23.1. The van der Waals surface area contributed by atoms with Crippen LogP contribution in [-0.4, -0.2) is 49.9 Å². The smallest absolute Gasteiger partial charge is 0.338 e. The molecule has 33 heavy (non-hydrogen) atoms. The third kappa shape index (κ3) is 4.01. The van der Waals surface area contributed by atoms with Crippen molar-refractivity contribution in [2.24, 2.45) is 0 Å². The number of piperidine rings is 1. The van der Waals surface area contributed by atoms with E-state index in [2.05, 4.69) is 21.1 Å². The predicted molar refractivity (Wildman–Crippen MR) is 120 cm³/mol. The molecule has 1 N–H and O–H groups in total. The normalized spacial score (nSPS) is 20.4. The topological polar surface area (TPSA) is 104 Å². The third-order valence-electron chi connectivity index (χ3n) is 6.65. The van der Waals surface area contributed by atoms with Gasteiger partial charge in [0.2, 0.25) is 0 Å². The van der Waals surface area contributed by atoms with Crippen molar-refractivity contribution in [1.29, 1.82) is 5.26 Å². The molecule has 2 unspecified atom stereocenters. The molecule has 0 amide bonds. The van der Waals surface area contributed by atoms with Crippen LogP contribution in [0.1, 0.15) is 56.1 Å². The fourth-order valence-corrected chi connectivity index (χ4v) is 4.93. The van der Waals surface area contributed by atoms with Crippen molar-refractivity contribution in [3.8, 4) is 11.9 Å². The summed E-state index contributed by atoms with van der Waals surface area (Å²) < 4.78 is 6.91. The Morgan fingerprint density at radius 3 is 2.91 bits per heavy atom. The number of hydrogen-bond donors (Lipinski definition) is 1. The number of nitriles is 1. The van der Waals surface area contributed by atoms with Crippen LogP contribution in [0, 0.1) is 25.2 Å². The van der Waals surface area contributed by atoms with E-state index < -0.39 is 6.10 Å². The van der Waals surface area contributed by atoms with E-state index in [0.29, 0.717) is 43.1 Å². The van der Waals surface area contributed by atoms with Gasteiger partial charge in [-0.05, 0) is 55.0 Å². The van der Waals surface area contributed by atoms with Gasteiger partial charge in [0.1, 0.15) is 12.7 Å². The standard InChI is InChI=1S/C25H25N5O3/c1-15-5-24(27-9-19(15)7-26)30-11-17(8-28-30)10-29-12-18(6-20(31)13-29)21-3-4-22-23(16(21)2)14-33-25(22)32/h3-5,8-9,11,18,20,31H,6,10,12-14H2,1-2H3. The van der Waals surface area contributed by atoms with Gasteiger partial charge in [-0.25, -0.2) is 14.5 Å². The minimum absolute atomic E-state index is 0.174. The Balaban J connectivity index is 1.33. The minimum Gasteiger partial charge on any atom is -0.457 e. The van der Waals surface area contributed by atoms with Gasteiger partial charge < -0.3 is 9.84 Å². The number of cyclic esters (lactones) is 1. The Morgan fingerprint density at radius 2 is 2.12 bits per heavy atom. The van der Waals surface area contributed by atoms with Gasteiger partial charge in [0.25, 0.3) is 0 Å². The van der Waals surface area contributed by atoms with Crippen LogP contribution in [0.3, 0.4) is 0 Å². The van der Waals surface area contributed by atoms with Crippen molar-refractivity contribution in [2.45, 2.75) is 45.4 Å². The molecule has 2 aliphatic rings. The van der Waals surface area contributed by atoms with E-state index in [4.69, 9.17) is 10.00 Å². The van der Waals surface area contributed by atoms with E-state index in [1.165, 1.54) is 5.56 Å². The predicted octanol–water partition coefficient (Wildman–Crippen LogP) is 2.78. The maximum Gasteiger partial charge on any atom is 0.338 e. The minimum atomic E-state index is -0.424. The molecule has 0 spiro atoms. The number of aliphatic hydroxyl groups is 1. The molecule has 8 nitrogen and oxygen atoms in total. The number of pyridine rings is 1. The second-order valence-electron chi connectivity index (χ2n) is 8.92. The number of aliphatic hydroxyl groups excluding tert-OH is 1. The first-order valence-electron chi connectivity index (χ1n) is 11.0. The van der Waals surface area contributed by atoms with Crippen LogP contribution >= 0.6 is 0 Å². The van der Waals surface area contributed by atoms with E-state index in [-0.39, 0.29) is 11.9 Å². The van der Waals surface area contributed by atoms with Crippen LogP contribution in [0.2, 0.25) is 0 Å². The summed E-state index contributed by atoms with van der Waals surface area (Å²) >= 11 is 0. The number of β-amino-alcohol motifs (C(OH)–C–C–N with tert-alkyl or cyclic N) is 1. The Hall–Kier alpha value is -3.54. The quantitative estimate of drug-likeness (QED) is 0.618. The number of likely N-dealkylation sites (tertiary alicyclic amines) is 1. The highest BCUT2D eigenvalue weighted by atomic mass is 16.5. The van der Waals surface area contributed by atoms with E-state index in [9.17, 15) is 9.90 Å². The Morgan fingerprint density at radius 1 is 1.27 bits per heavy atom. The Kier molecular flexibility index (Phi) is 5.44. The number of benzene rings is 1. The van der Waals surface area contributed by atoms with Gasteiger partial charge in [0.15, 0.2) is 5.82 Å². The molecule has 0 aliphatic carbocycles. The molecule has 2 atom stereocenters. The number of fused-ring (bicyclic) bond motifs is 1. The lowest BCUT2D eigenvalue weighted by atomic mass is 9.84. The fourth-order valence-electron chi connectivity index (χ4n) is 4.93.